The summed E-state index contributed by atoms with van der Waals surface area (Å²) in [7, 11) is 0. The van der Waals surface area contributed by atoms with Crippen molar-refractivity contribution in [2.75, 3.05) is 36.5 Å². The van der Waals surface area contributed by atoms with Gasteiger partial charge in [-0.1, -0.05) is 18.2 Å². The van der Waals surface area contributed by atoms with Gasteiger partial charge in [0.1, 0.15) is 11.5 Å². The number of aromatic amines is 1. The molecular weight excluding hydrogens is 374 g/mol. The molecule has 2 N–H and O–H groups in total. The standard InChI is InChI=1S/C24H25N5O/c1-3-18(14-21(4-1)29-9-11-30-12-10-29)15-26-23-7-6-19(16-27-23)13-20-17-28-24-22(20)5-2-8-25-24/h1-8,14,16-17H,9-13,15H2,(H,25,28)(H,26,27). The van der Waals surface area contributed by atoms with Crippen molar-refractivity contribution in [3.05, 3.63) is 83.8 Å². The maximum atomic E-state index is 5.45. The Bertz CT molecular complexity index is 1120. The van der Waals surface area contributed by atoms with Gasteiger partial charge < -0.3 is 19.9 Å². The van der Waals surface area contributed by atoms with Crippen LogP contribution in [0.4, 0.5) is 11.5 Å². The van der Waals surface area contributed by atoms with Gasteiger partial charge in [-0.05, 0) is 47.0 Å². The van der Waals surface area contributed by atoms with Crippen LogP contribution >= 0.6 is 0 Å². The van der Waals surface area contributed by atoms with E-state index >= 15 is 0 Å². The van der Waals surface area contributed by atoms with E-state index in [9.17, 15) is 0 Å². The molecule has 1 fully saturated rings. The molecule has 1 saturated heterocycles. The molecule has 0 atom stereocenters. The monoisotopic (exact) mass is 399 g/mol. The van der Waals surface area contributed by atoms with Crippen LogP contribution in [-0.4, -0.2) is 41.3 Å². The van der Waals surface area contributed by atoms with Crippen molar-refractivity contribution in [1.82, 2.24) is 15.0 Å². The Balaban J connectivity index is 1.21. The van der Waals surface area contributed by atoms with Gasteiger partial charge in [-0.25, -0.2) is 9.97 Å². The van der Waals surface area contributed by atoms with Gasteiger partial charge in [-0.2, -0.15) is 0 Å². The topological polar surface area (TPSA) is 66.1 Å². The highest BCUT2D eigenvalue weighted by molar-refractivity contribution is 5.79. The molecule has 0 bridgehead atoms. The molecule has 30 heavy (non-hydrogen) atoms. The van der Waals surface area contributed by atoms with Crippen LogP contribution in [0.25, 0.3) is 11.0 Å². The Labute approximate surface area is 175 Å². The summed E-state index contributed by atoms with van der Waals surface area (Å²) in [6, 6.07) is 16.9. The van der Waals surface area contributed by atoms with Crippen LogP contribution in [0.3, 0.4) is 0 Å². The number of aromatic nitrogens is 3. The number of hydrogen-bond donors (Lipinski definition) is 2. The molecule has 0 saturated carbocycles. The van der Waals surface area contributed by atoms with Crippen LogP contribution in [-0.2, 0) is 17.7 Å². The average Bonchev–Trinajstić information content (AvgIpc) is 3.22. The zero-order chi connectivity index (χ0) is 20.2. The molecule has 1 aromatic carbocycles. The largest absolute Gasteiger partial charge is 0.378 e. The smallest absolute Gasteiger partial charge is 0.137 e. The number of H-pyrrole nitrogens is 1. The van der Waals surface area contributed by atoms with E-state index in [4.69, 9.17) is 4.74 Å². The minimum atomic E-state index is 0.749. The van der Waals surface area contributed by atoms with Gasteiger partial charge in [0.15, 0.2) is 0 Å². The molecule has 1 aliphatic rings. The second-order valence-electron chi connectivity index (χ2n) is 7.56. The third-order valence-corrected chi connectivity index (χ3v) is 5.52. The van der Waals surface area contributed by atoms with Gasteiger partial charge in [0, 0.05) is 55.7 Å². The van der Waals surface area contributed by atoms with Crippen molar-refractivity contribution in [3.8, 4) is 0 Å². The number of nitrogens with one attached hydrogen (secondary N) is 2. The molecule has 3 aromatic heterocycles. The van der Waals surface area contributed by atoms with E-state index in [2.05, 4.69) is 61.6 Å². The first-order valence-corrected chi connectivity index (χ1v) is 10.4. The van der Waals surface area contributed by atoms with E-state index in [1.54, 1.807) is 6.20 Å². The Kier molecular flexibility index (Phi) is 5.31. The van der Waals surface area contributed by atoms with E-state index in [0.717, 1.165) is 50.7 Å². The van der Waals surface area contributed by atoms with Gasteiger partial charge in [0.25, 0.3) is 0 Å². The van der Waals surface area contributed by atoms with Crippen LogP contribution < -0.4 is 10.2 Å². The first-order valence-electron chi connectivity index (χ1n) is 10.4. The normalized spacial score (nSPS) is 14.2. The van der Waals surface area contributed by atoms with E-state index in [1.165, 1.54) is 27.8 Å². The van der Waals surface area contributed by atoms with Gasteiger partial charge in [0.05, 0.1) is 13.2 Å². The number of pyridine rings is 2. The van der Waals surface area contributed by atoms with Crippen molar-refractivity contribution in [2.24, 2.45) is 0 Å². The molecule has 0 amide bonds. The summed E-state index contributed by atoms with van der Waals surface area (Å²) in [5.41, 5.74) is 5.85. The zero-order valence-corrected chi connectivity index (χ0v) is 16.8. The maximum Gasteiger partial charge on any atom is 0.137 e. The maximum absolute atomic E-state index is 5.45. The lowest BCUT2D eigenvalue weighted by molar-refractivity contribution is 0.122. The Morgan fingerprint density at radius 2 is 1.93 bits per heavy atom. The summed E-state index contributed by atoms with van der Waals surface area (Å²) in [5.74, 6) is 0.885. The number of benzene rings is 1. The quantitative estimate of drug-likeness (QED) is 0.513. The number of rotatable bonds is 6. The molecule has 0 unspecified atom stereocenters. The summed E-state index contributed by atoms with van der Waals surface area (Å²) in [5, 5.41) is 4.60. The van der Waals surface area contributed by atoms with E-state index in [1.807, 2.05) is 24.5 Å². The molecule has 1 aliphatic heterocycles. The summed E-state index contributed by atoms with van der Waals surface area (Å²) < 4.78 is 5.45. The first kappa shape index (κ1) is 18.6. The minimum absolute atomic E-state index is 0.749. The molecule has 5 rings (SSSR count). The number of nitrogens with zero attached hydrogens (tertiary/aromatic N) is 3. The number of hydrogen-bond acceptors (Lipinski definition) is 5. The molecule has 4 heterocycles. The Hall–Kier alpha value is -3.38. The fourth-order valence-corrected chi connectivity index (χ4v) is 3.89. The SMILES string of the molecule is c1cc(CNc2ccc(Cc3c[nH]c4ncccc34)cn2)cc(N2CCOCC2)c1. The van der Waals surface area contributed by atoms with Crippen LogP contribution in [0, 0.1) is 0 Å². The Morgan fingerprint density at radius 1 is 1.00 bits per heavy atom. The van der Waals surface area contributed by atoms with Gasteiger partial charge in [-0.15, -0.1) is 0 Å². The first-order chi connectivity index (χ1) is 14.8. The summed E-state index contributed by atoms with van der Waals surface area (Å²) in [4.78, 5) is 14.6. The second-order valence-corrected chi connectivity index (χ2v) is 7.56. The summed E-state index contributed by atoms with van der Waals surface area (Å²) >= 11 is 0. The van der Waals surface area contributed by atoms with Gasteiger partial charge in [-0.3, -0.25) is 0 Å². The van der Waals surface area contributed by atoms with Crippen molar-refractivity contribution < 1.29 is 4.74 Å². The summed E-state index contributed by atoms with van der Waals surface area (Å²) in [6.07, 6.45) is 6.62. The van der Waals surface area contributed by atoms with Gasteiger partial charge in [0.2, 0.25) is 0 Å². The fraction of sp³-hybridized carbons (Fsp3) is 0.250. The lowest BCUT2D eigenvalue weighted by Gasteiger charge is -2.29. The third-order valence-electron chi connectivity index (χ3n) is 5.52. The molecule has 0 spiro atoms. The van der Waals surface area contributed by atoms with Crippen molar-refractivity contribution in [2.45, 2.75) is 13.0 Å². The van der Waals surface area contributed by atoms with E-state index in [-0.39, 0.29) is 0 Å². The Morgan fingerprint density at radius 3 is 2.80 bits per heavy atom. The van der Waals surface area contributed by atoms with Crippen LogP contribution in [0.2, 0.25) is 0 Å². The van der Waals surface area contributed by atoms with E-state index in [0.29, 0.717) is 0 Å². The number of anilines is 2. The van der Waals surface area contributed by atoms with Crippen molar-refractivity contribution >= 4 is 22.5 Å². The van der Waals surface area contributed by atoms with Crippen LogP contribution in [0.1, 0.15) is 16.7 Å². The third kappa shape index (κ3) is 4.14. The predicted molar refractivity (Wildman–Crippen MR) is 120 cm³/mol. The number of morpholine rings is 1. The molecule has 0 aliphatic carbocycles. The average molecular weight is 399 g/mol. The lowest BCUT2D eigenvalue weighted by Crippen LogP contribution is -2.36. The van der Waals surface area contributed by atoms with E-state index < -0.39 is 0 Å². The highest BCUT2D eigenvalue weighted by Gasteiger charge is 2.11. The lowest BCUT2D eigenvalue weighted by atomic mass is 10.1. The molecule has 152 valence electrons. The molecular formula is C24H25N5O. The minimum Gasteiger partial charge on any atom is -0.378 e. The molecule has 6 nitrogen and oxygen atoms in total. The van der Waals surface area contributed by atoms with Crippen LogP contribution in [0.5, 0.6) is 0 Å². The van der Waals surface area contributed by atoms with Crippen molar-refractivity contribution in [1.29, 1.82) is 0 Å². The second kappa shape index (κ2) is 8.55. The summed E-state index contributed by atoms with van der Waals surface area (Å²) in [6.45, 7) is 4.25. The fourth-order valence-electron chi connectivity index (χ4n) is 3.89. The highest BCUT2D eigenvalue weighted by Crippen LogP contribution is 2.20. The van der Waals surface area contributed by atoms with Crippen molar-refractivity contribution in [3.63, 3.8) is 0 Å². The number of fused-ring (bicyclic) bond motifs is 1. The molecule has 0 radical (unpaired) electrons. The highest BCUT2D eigenvalue weighted by atomic mass is 16.5. The van der Waals surface area contributed by atoms with Crippen LogP contribution in [0.15, 0.2) is 67.1 Å². The number of ether oxygens (including phenoxy) is 1. The van der Waals surface area contributed by atoms with Gasteiger partial charge >= 0.3 is 0 Å². The molecule has 4 aromatic rings. The molecule has 6 heteroatoms. The zero-order valence-electron chi connectivity index (χ0n) is 16.8. The predicted octanol–water partition coefficient (Wildman–Crippen LogP) is 4.00.